The molecule has 0 spiro atoms. The minimum atomic E-state index is 0. The fraction of sp³-hybridized carbons (Fsp3) is 0.250. The van der Waals surface area contributed by atoms with Crippen molar-refractivity contribution in [2.75, 3.05) is 0 Å². The molecule has 0 bridgehead atoms. The maximum Gasteiger partial charge on any atom is 0.184 e. The van der Waals surface area contributed by atoms with Crippen LogP contribution in [0.5, 0.6) is 0 Å². The average Bonchev–Trinajstić information content (AvgIpc) is 2.39. The van der Waals surface area contributed by atoms with Gasteiger partial charge in [0.25, 0.3) is 0 Å². The van der Waals surface area contributed by atoms with E-state index in [1.165, 1.54) is 11.3 Å². The van der Waals surface area contributed by atoms with Crippen molar-refractivity contribution in [2.24, 2.45) is 7.05 Å². The minimum absolute atomic E-state index is 0. The highest BCUT2D eigenvalue weighted by molar-refractivity contribution is 5.96. The summed E-state index contributed by atoms with van der Waals surface area (Å²) in [7, 11) is 2.02. The first-order valence-corrected chi connectivity index (χ1v) is 6.21. The first-order chi connectivity index (χ1) is 8.68. The van der Waals surface area contributed by atoms with Crippen LogP contribution >= 0.6 is 0 Å². The van der Waals surface area contributed by atoms with Crippen LogP contribution in [0.25, 0.3) is 0 Å². The Bertz CT molecular complexity index is 532. The number of carbonyl (C=O) groups is 1. The zero-order valence-corrected chi connectivity index (χ0v) is 13.4. The van der Waals surface area contributed by atoms with Gasteiger partial charge in [-0.3, -0.25) is 4.79 Å². The SMILES string of the molecule is Cc1ccc[n+](C)c1CCC(=O)c1ccccc1.[I-]. The molecule has 0 saturated carbocycles. The molecule has 1 aromatic carbocycles. The molecule has 19 heavy (non-hydrogen) atoms. The van der Waals surface area contributed by atoms with Crippen LogP contribution in [-0.2, 0) is 13.5 Å². The number of carbonyl (C=O) groups excluding carboxylic acids is 1. The number of nitrogens with zero attached hydrogens (tertiary/aromatic N) is 1. The summed E-state index contributed by atoms with van der Waals surface area (Å²) < 4.78 is 2.09. The number of aryl methyl sites for hydroxylation is 2. The zero-order chi connectivity index (χ0) is 13.0. The highest BCUT2D eigenvalue weighted by Gasteiger charge is 2.13. The van der Waals surface area contributed by atoms with Gasteiger partial charge < -0.3 is 24.0 Å². The van der Waals surface area contributed by atoms with Crippen molar-refractivity contribution in [3.63, 3.8) is 0 Å². The summed E-state index contributed by atoms with van der Waals surface area (Å²) in [5, 5.41) is 0. The van der Waals surface area contributed by atoms with Gasteiger partial charge in [-0.25, -0.2) is 4.57 Å². The predicted molar refractivity (Wildman–Crippen MR) is 71.4 cm³/mol. The van der Waals surface area contributed by atoms with Crippen LogP contribution in [0, 0.1) is 6.92 Å². The Morgan fingerprint density at radius 3 is 2.42 bits per heavy atom. The Kier molecular flexibility index (Phi) is 6.15. The summed E-state index contributed by atoms with van der Waals surface area (Å²) in [6.07, 6.45) is 3.37. The summed E-state index contributed by atoms with van der Waals surface area (Å²) in [4.78, 5) is 12.0. The Hall–Kier alpha value is -1.23. The molecule has 0 amide bonds. The summed E-state index contributed by atoms with van der Waals surface area (Å²) in [6.45, 7) is 2.09. The van der Waals surface area contributed by atoms with Crippen LogP contribution in [0.15, 0.2) is 48.7 Å². The molecule has 0 aliphatic rings. The fourth-order valence-corrected chi connectivity index (χ4v) is 2.15. The molecule has 2 aromatic rings. The maximum atomic E-state index is 12.0. The summed E-state index contributed by atoms with van der Waals surface area (Å²) >= 11 is 0. The van der Waals surface area contributed by atoms with Gasteiger partial charge in [-0.15, -0.1) is 0 Å². The number of benzene rings is 1. The van der Waals surface area contributed by atoms with Crippen LogP contribution in [0.3, 0.4) is 0 Å². The van der Waals surface area contributed by atoms with E-state index in [9.17, 15) is 4.79 Å². The highest BCUT2D eigenvalue weighted by atomic mass is 127. The molecule has 3 heteroatoms. The lowest BCUT2D eigenvalue weighted by Crippen LogP contribution is -3.00. The Balaban J connectivity index is 0.00000180. The van der Waals surface area contributed by atoms with E-state index in [-0.39, 0.29) is 29.8 Å². The largest absolute Gasteiger partial charge is 1.00 e. The number of aromatic nitrogens is 1. The number of rotatable bonds is 4. The van der Waals surface area contributed by atoms with Gasteiger partial charge in [0.15, 0.2) is 17.7 Å². The van der Waals surface area contributed by atoms with E-state index < -0.39 is 0 Å². The topological polar surface area (TPSA) is 20.9 Å². The number of Topliss-reactive ketones (excluding diaryl/α,β-unsaturated/α-hetero) is 1. The van der Waals surface area contributed by atoms with Crippen molar-refractivity contribution in [1.82, 2.24) is 0 Å². The molecule has 0 atom stereocenters. The molecule has 2 nitrogen and oxygen atoms in total. The second-order valence-electron chi connectivity index (χ2n) is 4.54. The van der Waals surface area contributed by atoms with Crippen LogP contribution in [0.4, 0.5) is 0 Å². The normalized spacial score (nSPS) is 9.79. The second kappa shape index (κ2) is 7.38. The number of hydrogen-bond donors (Lipinski definition) is 0. The molecule has 0 N–H and O–H groups in total. The first kappa shape index (κ1) is 15.8. The lowest BCUT2D eigenvalue weighted by Gasteiger charge is -2.03. The van der Waals surface area contributed by atoms with E-state index in [4.69, 9.17) is 0 Å². The van der Waals surface area contributed by atoms with Gasteiger partial charge in [0.05, 0.1) is 0 Å². The fourth-order valence-electron chi connectivity index (χ4n) is 2.15. The van der Waals surface area contributed by atoms with E-state index >= 15 is 0 Å². The molecule has 0 saturated heterocycles. The molecule has 0 aliphatic heterocycles. The third-order valence-electron chi connectivity index (χ3n) is 3.22. The van der Waals surface area contributed by atoms with Gasteiger partial charge >= 0.3 is 0 Å². The van der Waals surface area contributed by atoms with Crippen LogP contribution in [0.1, 0.15) is 28.0 Å². The quantitative estimate of drug-likeness (QED) is 0.411. The molecule has 0 unspecified atom stereocenters. The molecule has 0 aliphatic carbocycles. The number of pyridine rings is 1. The van der Waals surface area contributed by atoms with E-state index in [2.05, 4.69) is 17.6 Å². The molecule has 0 radical (unpaired) electrons. The predicted octanol–water partition coefficient (Wildman–Crippen LogP) is -0.361. The van der Waals surface area contributed by atoms with Gasteiger partial charge in [-0.2, -0.15) is 0 Å². The lowest BCUT2D eigenvalue weighted by molar-refractivity contribution is -0.679. The van der Waals surface area contributed by atoms with Gasteiger partial charge in [0.1, 0.15) is 7.05 Å². The summed E-state index contributed by atoms with van der Waals surface area (Å²) in [5.41, 5.74) is 3.26. The third-order valence-corrected chi connectivity index (χ3v) is 3.22. The lowest BCUT2D eigenvalue weighted by atomic mass is 10.0. The standard InChI is InChI=1S/C16H18NO.HI/c1-13-7-6-12-17(2)15(13)10-11-16(18)14-8-4-3-5-9-14;/h3-9,12H,10-11H2,1-2H3;1H/q+1;/p-1. The molecular formula is C16H18INO. The highest BCUT2D eigenvalue weighted by Crippen LogP contribution is 2.08. The Morgan fingerprint density at radius 2 is 1.79 bits per heavy atom. The molecule has 2 rings (SSSR count). The van der Waals surface area contributed by atoms with Gasteiger partial charge in [0.2, 0.25) is 0 Å². The van der Waals surface area contributed by atoms with Crippen LogP contribution in [0.2, 0.25) is 0 Å². The average molecular weight is 367 g/mol. The molecule has 1 aromatic heterocycles. The van der Waals surface area contributed by atoms with E-state index in [0.717, 1.165) is 12.0 Å². The van der Waals surface area contributed by atoms with Crippen molar-refractivity contribution in [1.29, 1.82) is 0 Å². The summed E-state index contributed by atoms with van der Waals surface area (Å²) in [5.74, 6) is 0.207. The number of hydrogen-bond acceptors (Lipinski definition) is 1. The van der Waals surface area contributed by atoms with Crippen molar-refractivity contribution >= 4 is 5.78 Å². The number of halogens is 1. The Labute approximate surface area is 131 Å². The second-order valence-corrected chi connectivity index (χ2v) is 4.54. The monoisotopic (exact) mass is 367 g/mol. The van der Waals surface area contributed by atoms with Crippen molar-refractivity contribution in [3.8, 4) is 0 Å². The Morgan fingerprint density at radius 1 is 1.11 bits per heavy atom. The molecule has 1 heterocycles. The summed E-state index contributed by atoms with van der Waals surface area (Å²) in [6, 6.07) is 13.6. The molecule has 0 fully saturated rings. The minimum Gasteiger partial charge on any atom is -1.00 e. The van der Waals surface area contributed by atoms with Crippen molar-refractivity contribution < 1.29 is 33.3 Å². The maximum absolute atomic E-state index is 12.0. The third kappa shape index (κ3) is 4.13. The zero-order valence-electron chi connectivity index (χ0n) is 11.3. The van der Waals surface area contributed by atoms with Gasteiger partial charge in [0, 0.05) is 30.0 Å². The molecular weight excluding hydrogens is 349 g/mol. The van der Waals surface area contributed by atoms with Gasteiger partial charge in [-0.05, 0) is 13.0 Å². The van der Waals surface area contributed by atoms with Crippen LogP contribution < -0.4 is 28.5 Å². The van der Waals surface area contributed by atoms with Crippen molar-refractivity contribution in [2.45, 2.75) is 19.8 Å². The van der Waals surface area contributed by atoms with E-state index in [1.54, 1.807) is 0 Å². The number of ketones is 1. The van der Waals surface area contributed by atoms with Gasteiger partial charge in [-0.1, -0.05) is 30.3 Å². The van der Waals surface area contributed by atoms with E-state index in [0.29, 0.717) is 6.42 Å². The van der Waals surface area contributed by atoms with E-state index in [1.807, 2.05) is 49.6 Å². The van der Waals surface area contributed by atoms with Crippen LogP contribution in [-0.4, -0.2) is 5.78 Å². The van der Waals surface area contributed by atoms with Crippen molar-refractivity contribution in [3.05, 3.63) is 65.5 Å². The first-order valence-electron chi connectivity index (χ1n) is 6.21. The molecule has 100 valence electrons. The smallest absolute Gasteiger partial charge is 0.184 e.